The van der Waals surface area contributed by atoms with E-state index in [1.807, 2.05) is 6.92 Å². The topological polar surface area (TPSA) is 31.2 Å². The molecule has 0 aliphatic heterocycles. The number of nitrogens with zero attached hydrogens (tertiary/aromatic N) is 1. The van der Waals surface area contributed by atoms with E-state index in [4.69, 9.17) is 0 Å². The zero-order valence-electron chi connectivity index (χ0n) is 7.18. The summed E-state index contributed by atoms with van der Waals surface area (Å²) in [6, 6.07) is 0.358. The third-order valence-electron chi connectivity index (χ3n) is 2.20. The van der Waals surface area contributed by atoms with Gasteiger partial charge in [-0.2, -0.15) is 0 Å². The fourth-order valence-corrected chi connectivity index (χ4v) is 1.51. The third kappa shape index (κ3) is 4.18. The second-order valence-corrected chi connectivity index (χ2v) is 3.17. The van der Waals surface area contributed by atoms with Crippen LogP contribution in [0.15, 0.2) is 0 Å². The summed E-state index contributed by atoms with van der Waals surface area (Å²) >= 11 is 0. The van der Waals surface area contributed by atoms with Crippen molar-refractivity contribution in [1.82, 2.24) is 5.32 Å². The molecule has 0 aromatic heterocycles. The molecule has 1 fully saturated rings. The van der Waals surface area contributed by atoms with Crippen molar-refractivity contribution >= 4 is 24.8 Å². The summed E-state index contributed by atoms with van der Waals surface area (Å²) in [5.41, 5.74) is 0. The molecule has 1 amide bonds. The Kier molecular flexibility index (Phi) is 6.61. The molecule has 0 aromatic carbocycles. The molecule has 0 atom stereocenters. The molecule has 1 aliphatic rings. The number of rotatable bonds is 2. The van der Waals surface area contributed by atoms with Gasteiger partial charge in [0.1, 0.15) is 0 Å². The van der Waals surface area contributed by atoms with Crippen LogP contribution in [0.25, 0.3) is 0 Å². The van der Waals surface area contributed by atoms with Gasteiger partial charge in [-0.25, -0.2) is 5.32 Å². The SMILES string of the molecule is CCC(=O)[N]C1CCCCC1.[LiH]. The summed E-state index contributed by atoms with van der Waals surface area (Å²) in [4.78, 5) is 10.9. The molecule has 0 saturated heterocycles. The van der Waals surface area contributed by atoms with Gasteiger partial charge in [0.05, 0.1) is 6.04 Å². The van der Waals surface area contributed by atoms with E-state index in [-0.39, 0.29) is 24.8 Å². The van der Waals surface area contributed by atoms with Gasteiger partial charge in [-0.05, 0) is 12.8 Å². The molecule has 0 heterocycles. The fraction of sp³-hybridized carbons (Fsp3) is 0.889. The molecule has 0 N–H and O–H groups in total. The summed E-state index contributed by atoms with van der Waals surface area (Å²) in [5.74, 6) is 0.0805. The summed E-state index contributed by atoms with van der Waals surface area (Å²) < 4.78 is 0. The Labute approximate surface area is 86.7 Å². The molecule has 1 rings (SSSR count). The first-order valence-electron chi connectivity index (χ1n) is 4.56. The van der Waals surface area contributed by atoms with E-state index in [0.717, 1.165) is 12.8 Å². The minimum atomic E-state index is 0. The Balaban J connectivity index is 0.00000121. The number of amides is 1. The zero-order chi connectivity index (χ0) is 8.10. The van der Waals surface area contributed by atoms with E-state index in [1.165, 1.54) is 19.3 Å². The van der Waals surface area contributed by atoms with Gasteiger partial charge >= 0.3 is 18.9 Å². The van der Waals surface area contributed by atoms with Crippen molar-refractivity contribution in [3.05, 3.63) is 0 Å². The van der Waals surface area contributed by atoms with Gasteiger partial charge in [-0.1, -0.05) is 26.2 Å². The molecule has 0 bridgehead atoms. The van der Waals surface area contributed by atoms with Crippen molar-refractivity contribution in [2.75, 3.05) is 0 Å². The molecule has 1 saturated carbocycles. The second kappa shape index (κ2) is 6.57. The van der Waals surface area contributed by atoms with E-state index >= 15 is 0 Å². The molecule has 2 nitrogen and oxygen atoms in total. The van der Waals surface area contributed by atoms with E-state index in [2.05, 4.69) is 5.32 Å². The minimum absolute atomic E-state index is 0. The van der Waals surface area contributed by atoms with Gasteiger partial charge in [-0.15, -0.1) is 0 Å². The van der Waals surface area contributed by atoms with Crippen molar-refractivity contribution in [3.63, 3.8) is 0 Å². The van der Waals surface area contributed by atoms with Crippen LogP contribution in [0, 0.1) is 0 Å². The maximum absolute atomic E-state index is 10.9. The Morgan fingerprint density at radius 2 is 1.92 bits per heavy atom. The quantitative estimate of drug-likeness (QED) is 0.561. The predicted octanol–water partition coefficient (Wildman–Crippen LogP) is 1.21. The van der Waals surface area contributed by atoms with Crippen LogP contribution in [0.4, 0.5) is 0 Å². The van der Waals surface area contributed by atoms with Crippen molar-refractivity contribution in [1.29, 1.82) is 0 Å². The molecule has 3 heteroatoms. The Morgan fingerprint density at radius 3 is 2.42 bits per heavy atom. The number of hydrogen-bond acceptors (Lipinski definition) is 1. The van der Waals surface area contributed by atoms with Gasteiger partial charge in [-0.3, -0.25) is 4.79 Å². The molecular weight excluding hydrogens is 145 g/mol. The van der Waals surface area contributed by atoms with Crippen LogP contribution in [0.5, 0.6) is 0 Å². The standard InChI is InChI=1S/C9H16NO.Li.H/c1-2-9(11)10-8-6-4-3-5-7-8;;/h8H,2-7H2,1H3;;. The van der Waals surface area contributed by atoms with Crippen LogP contribution >= 0.6 is 0 Å². The van der Waals surface area contributed by atoms with Gasteiger partial charge in [0.15, 0.2) is 0 Å². The summed E-state index contributed by atoms with van der Waals surface area (Å²) in [6.45, 7) is 1.87. The average Bonchev–Trinajstić information content (AvgIpc) is 2.06. The van der Waals surface area contributed by atoms with Crippen molar-refractivity contribution in [3.8, 4) is 0 Å². The normalized spacial score (nSPS) is 18.1. The first-order chi connectivity index (χ1) is 5.33. The molecule has 0 aromatic rings. The number of carbonyl (C=O) groups is 1. The monoisotopic (exact) mass is 162 g/mol. The maximum atomic E-state index is 10.9. The molecule has 1 aliphatic carbocycles. The average molecular weight is 162 g/mol. The molecular formula is C9H17LiNO. The fourth-order valence-electron chi connectivity index (χ4n) is 1.51. The van der Waals surface area contributed by atoms with E-state index in [1.54, 1.807) is 0 Å². The van der Waals surface area contributed by atoms with Gasteiger partial charge in [0, 0.05) is 6.42 Å². The summed E-state index contributed by atoms with van der Waals surface area (Å²) in [6.07, 6.45) is 6.66. The van der Waals surface area contributed by atoms with Gasteiger partial charge in [0.25, 0.3) is 0 Å². The van der Waals surface area contributed by atoms with E-state index in [0.29, 0.717) is 12.5 Å². The van der Waals surface area contributed by atoms with Crippen LogP contribution < -0.4 is 5.32 Å². The van der Waals surface area contributed by atoms with Crippen LogP contribution in [0.2, 0.25) is 0 Å². The molecule has 65 valence electrons. The summed E-state index contributed by atoms with van der Waals surface area (Å²) in [7, 11) is 0. The third-order valence-corrected chi connectivity index (χ3v) is 2.20. The molecule has 0 unspecified atom stereocenters. The molecule has 1 radical (unpaired) electrons. The van der Waals surface area contributed by atoms with Crippen LogP contribution in [0.1, 0.15) is 45.4 Å². The van der Waals surface area contributed by atoms with Gasteiger partial charge in [0.2, 0.25) is 5.91 Å². The second-order valence-electron chi connectivity index (χ2n) is 3.17. The van der Waals surface area contributed by atoms with Crippen molar-refractivity contribution in [2.45, 2.75) is 51.5 Å². The van der Waals surface area contributed by atoms with Crippen LogP contribution in [-0.4, -0.2) is 30.8 Å². The van der Waals surface area contributed by atoms with Crippen LogP contribution in [0.3, 0.4) is 0 Å². The van der Waals surface area contributed by atoms with Gasteiger partial charge < -0.3 is 0 Å². The molecule has 0 spiro atoms. The summed E-state index contributed by atoms with van der Waals surface area (Å²) in [5, 5.41) is 4.12. The Bertz CT molecular complexity index is 132. The first-order valence-corrected chi connectivity index (χ1v) is 4.56. The Hall–Kier alpha value is 0.0674. The predicted molar refractivity (Wildman–Crippen MR) is 51.5 cm³/mol. The van der Waals surface area contributed by atoms with Crippen molar-refractivity contribution in [2.24, 2.45) is 0 Å². The van der Waals surface area contributed by atoms with Crippen molar-refractivity contribution < 1.29 is 4.79 Å². The van der Waals surface area contributed by atoms with E-state index < -0.39 is 0 Å². The number of hydrogen-bond donors (Lipinski definition) is 0. The van der Waals surface area contributed by atoms with E-state index in [9.17, 15) is 4.79 Å². The van der Waals surface area contributed by atoms with Crippen LogP contribution in [-0.2, 0) is 4.79 Å². The molecule has 12 heavy (non-hydrogen) atoms. The zero-order valence-corrected chi connectivity index (χ0v) is 7.18. The first kappa shape index (κ1) is 12.1. The number of carbonyl (C=O) groups excluding carboxylic acids is 1. The Morgan fingerprint density at radius 1 is 1.33 bits per heavy atom.